The van der Waals surface area contributed by atoms with Crippen molar-refractivity contribution in [2.45, 2.75) is 37.5 Å². The molecular weight excluding hydrogens is 240 g/mol. The lowest BCUT2D eigenvalue weighted by atomic mass is 9.89. The summed E-state index contributed by atoms with van der Waals surface area (Å²) in [7, 11) is 4.36. The van der Waals surface area contributed by atoms with E-state index in [2.05, 4.69) is 30.0 Å². The zero-order valence-electron chi connectivity index (χ0n) is 12.0. The average molecular weight is 264 g/mol. The maximum absolute atomic E-state index is 6.16. The van der Waals surface area contributed by atoms with Crippen LogP contribution >= 0.6 is 0 Å². The summed E-state index contributed by atoms with van der Waals surface area (Å²) >= 11 is 0. The Hall–Kier alpha value is -0.840. The monoisotopic (exact) mass is 264 g/mol. The Labute approximate surface area is 115 Å². The zero-order chi connectivity index (χ0) is 13.3. The largest absolute Gasteiger partial charge is 0.468 e. The number of rotatable bonds is 3. The van der Waals surface area contributed by atoms with Gasteiger partial charge in [-0.05, 0) is 45.5 Å². The van der Waals surface area contributed by atoms with Crippen molar-refractivity contribution in [3.05, 3.63) is 24.2 Å². The molecule has 106 valence electrons. The van der Waals surface area contributed by atoms with Gasteiger partial charge in [0, 0.05) is 25.7 Å². The lowest BCUT2D eigenvalue weighted by molar-refractivity contribution is -0.0933. The molecule has 0 amide bonds. The van der Waals surface area contributed by atoms with Crippen molar-refractivity contribution in [3.63, 3.8) is 0 Å². The second kappa shape index (κ2) is 5.27. The van der Waals surface area contributed by atoms with Crippen molar-refractivity contribution in [1.82, 2.24) is 9.80 Å². The van der Waals surface area contributed by atoms with Crippen LogP contribution in [0.3, 0.4) is 0 Å². The second-order valence-electron chi connectivity index (χ2n) is 6.18. The highest BCUT2D eigenvalue weighted by Gasteiger charge is 2.43. The quantitative estimate of drug-likeness (QED) is 0.834. The highest BCUT2D eigenvalue weighted by Crippen LogP contribution is 2.35. The van der Waals surface area contributed by atoms with E-state index in [-0.39, 0.29) is 5.60 Å². The molecule has 1 aromatic rings. The average Bonchev–Trinajstić information content (AvgIpc) is 3.01. The van der Waals surface area contributed by atoms with Crippen LogP contribution in [0.1, 0.15) is 25.0 Å². The van der Waals surface area contributed by atoms with E-state index < -0.39 is 0 Å². The molecule has 0 saturated carbocycles. The summed E-state index contributed by atoms with van der Waals surface area (Å²) in [5.74, 6) is 1.05. The topological polar surface area (TPSA) is 28.9 Å². The lowest BCUT2D eigenvalue weighted by Gasteiger charge is -2.40. The highest BCUT2D eigenvalue weighted by molar-refractivity contribution is 5.02. The summed E-state index contributed by atoms with van der Waals surface area (Å²) in [6.07, 6.45) is 5.22. The minimum atomic E-state index is 0.0831. The first kappa shape index (κ1) is 13.2. The van der Waals surface area contributed by atoms with Gasteiger partial charge in [0.15, 0.2) is 0 Å². The molecule has 4 nitrogen and oxygen atoms in total. The van der Waals surface area contributed by atoms with Gasteiger partial charge >= 0.3 is 0 Å². The first-order valence-corrected chi connectivity index (χ1v) is 7.22. The lowest BCUT2D eigenvalue weighted by Crippen LogP contribution is -2.48. The number of nitrogens with zero attached hydrogens (tertiary/aromatic N) is 2. The third-order valence-corrected chi connectivity index (χ3v) is 4.55. The second-order valence-corrected chi connectivity index (χ2v) is 6.18. The number of ether oxygens (including phenoxy) is 1. The third-order valence-electron chi connectivity index (χ3n) is 4.55. The van der Waals surface area contributed by atoms with Crippen LogP contribution < -0.4 is 0 Å². The van der Waals surface area contributed by atoms with Crippen molar-refractivity contribution < 1.29 is 9.15 Å². The third kappa shape index (κ3) is 2.86. The standard InChI is InChI=1S/C15H24N2O2/c1-16(2)13-5-9-19-15(10-13)6-7-17(12-15)11-14-4-3-8-18-14/h3-4,8,13H,5-7,9-12H2,1-2H3/t13-,15-/m0/s1. The summed E-state index contributed by atoms with van der Waals surface area (Å²) < 4.78 is 11.6. The molecular formula is C15H24N2O2. The van der Waals surface area contributed by atoms with Crippen LogP contribution in [-0.4, -0.2) is 55.2 Å². The van der Waals surface area contributed by atoms with Crippen molar-refractivity contribution in [3.8, 4) is 0 Å². The van der Waals surface area contributed by atoms with Crippen molar-refractivity contribution in [1.29, 1.82) is 0 Å². The van der Waals surface area contributed by atoms with E-state index >= 15 is 0 Å². The molecule has 2 fully saturated rings. The molecule has 2 atom stereocenters. The molecule has 0 bridgehead atoms. The number of hydrogen-bond donors (Lipinski definition) is 0. The van der Waals surface area contributed by atoms with E-state index in [4.69, 9.17) is 9.15 Å². The fourth-order valence-corrected chi connectivity index (χ4v) is 3.41. The Bertz CT molecular complexity index is 404. The van der Waals surface area contributed by atoms with Gasteiger partial charge < -0.3 is 14.1 Å². The van der Waals surface area contributed by atoms with Gasteiger partial charge in [-0.2, -0.15) is 0 Å². The van der Waals surface area contributed by atoms with E-state index in [0.717, 1.165) is 51.3 Å². The van der Waals surface area contributed by atoms with Gasteiger partial charge in [0.2, 0.25) is 0 Å². The molecule has 0 radical (unpaired) electrons. The van der Waals surface area contributed by atoms with Gasteiger partial charge in [0.25, 0.3) is 0 Å². The Morgan fingerprint density at radius 3 is 3.11 bits per heavy atom. The normalized spacial score (nSPS) is 32.5. The fourth-order valence-electron chi connectivity index (χ4n) is 3.41. The molecule has 0 aromatic carbocycles. The molecule has 2 saturated heterocycles. The molecule has 19 heavy (non-hydrogen) atoms. The van der Waals surface area contributed by atoms with Crippen molar-refractivity contribution in [2.24, 2.45) is 0 Å². The van der Waals surface area contributed by atoms with Crippen LogP contribution in [0.2, 0.25) is 0 Å². The number of hydrogen-bond acceptors (Lipinski definition) is 4. The van der Waals surface area contributed by atoms with Crippen LogP contribution in [0.25, 0.3) is 0 Å². The Kier molecular flexibility index (Phi) is 3.65. The van der Waals surface area contributed by atoms with Crippen LogP contribution in [0.15, 0.2) is 22.8 Å². The van der Waals surface area contributed by atoms with E-state index in [0.29, 0.717) is 6.04 Å². The van der Waals surface area contributed by atoms with Gasteiger partial charge in [-0.25, -0.2) is 0 Å². The predicted molar refractivity (Wildman–Crippen MR) is 74.0 cm³/mol. The Balaban J connectivity index is 1.60. The maximum atomic E-state index is 6.16. The number of furan rings is 1. The van der Waals surface area contributed by atoms with Crippen LogP contribution in [-0.2, 0) is 11.3 Å². The first-order chi connectivity index (χ1) is 9.17. The smallest absolute Gasteiger partial charge is 0.117 e. The Morgan fingerprint density at radius 1 is 1.47 bits per heavy atom. The molecule has 0 aliphatic carbocycles. The fraction of sp³-hybridized carbons (Fsp3) is 0.733. The van der Waals surface area contributed by atoms with Crippen LogP contribution in [0.4, 0.5) is 0 Å². The van der Waals surface area contributed by atoms with Crippen molar-refractivity contribution >= 4 is 0 Å². The van der Waals surface area contributed by atoms with E-state index in [1.165, 1.54) is 0 Å². The molecule has 1 aromatic heterocycles. The summed E-state index contributed by atoms with van der Waals surface area (Å²) in [6.45, 7) is 3.96. The molecule has 2 aliphatic rings. The summed E-state index contributed by atoms with van der Waals surface area (Å²) in [5, 5.41) is 0. The molecule has 2 aliphatic heterocycles. The van der Waals surface area contributed by atoms with Gasteiger partial charge in [-0.1, -0.05) is 0 Å². The van der Waals surface area contributed by atoms with Gasteiger partial charge in [0.1, 0.15) is 5.76 Å². The minimum Gasteiger partial charge on any atom is -0.468 e. The maximum Gasteiger partial charge on any atom is 0.117 e. The summed E-state index contributed by atoms with van der Waals surface area (Å²) in [5.41, 5.74) is 0.0831. The van der Waals surface area contributed by atoms with Gasteiger partial charge in [0.05, 0.1) is 18.4 Å². The molecule has 3 heterocycles. The highest BCUT2D eigenvalue weighted by atomic mass is 16.5. The zero-order valence-corrected chi connectivity index (χ0v) is 12.0. The summed E-state index contributed by atoms with van der Waals surface area (Å²) in [6, 6.07) is 4.67. The number of likely N-dealkylation sites (tertiary alicyclic amines) is 1. The molecule has 0 unspecified atom stereocenters. The van der Waals surface area contributed by atoms with Crippen molar-refractivity contribution in [2.75, 3.05) is 33.8 Å². The summed E-state index contributed by atoms with van der Waals surface area (Å²) in [4.78, 5) is 4.80. The first-order valence-electron chi connectivity index (χ1n) is 7.22. The van der Waals surface area contributed by atoms with Crippen LogP contribution in [0.5, 0.6) is 0 Å². The van der Waals surface area contributed by atoms with E-state index in [1.807, 2.05) is 6.07 Å². The Morgan fingerprint density at radius 2 is 2.37 bits per heavy atom. The molecule has 3 rings (SSSR count). The predicted octanol–water partition coefficient (Wildman–Crippen LogP) is 1.96. The SMILES string of the molecule is CN(C)[C@H]1CCO[C@@]2(CCN(Cc3ccco3)C2)C1. The minimum absolute atomic E-state index is 0.0831. The van der Waals surface area contributed by atoms with Gasteiger partial charge in [-0.3, -0.25) is 4.90 Å². The molecule has 0 N–H and O–H groups in total. The van der Waals surface area contributed by atoms with Gasteiger partial charge in [-0.15, -0.1) is 0 Å². The van der Waals surface area contributed by atoms with E-state index in [9.17, 15) is 0 Å². The molecule has 1 spiro atoms. The van der Waals surface area contributed by atoms with Crippen LogP contribution in [0, 0.1) is 0 Å². The van der Waals surface area contributed by atoms with E-state index in [1.54, 1.807) is 6.26 Å². The molecule has 4 heteroatoms.